The van der Waals surface area contributed by atoms with Crippen LogP contribution in [0.1, 0.15) is 5.56 Å². The van der Waals surface area contributed by atoms with Crippen molar-refractivity contribution in [3.8, 4) is 22.8 Å². The van der Waals surface area contributed by atoms with E-state index in [4.69, 9.17) is 0 Å². The number of benzene rings is 2. The van der Waals surface area contributed by atoms with E-state index in [1.54, 1.807) is 24.7 Å². The van der Waals surface area contributed by atoms with Crippen molar-refractivity contribution >= 4 is 17.1 Å². The van der Waals surface area contributed by atoms with Gasteiger partial charge in [-0.2, -0.15) is 0 Å². The lowest BCUT2D eigenvalue weighted by molar-refractivity contribution is 0.322. The van der Waals surface area contributed by atoms with Gasteiger partial charge < -0.3 is 19.4 Å². The Morgan fingerprint density at radius 3 is 2.52 bits per heavy atom. The van der Waals surface area contributed by atoms with Crippen molar-refractivity contribution in [1.29, 1.82) is 0 Å². The molecule has 0 saturated carbocycles. The first-order valence-electron chi connectivity index (χ1n) is 7.77. The molecule has 6 heteroatoms. The van der Waals surface area contributed by atoms with Crippen molar-refractivity contribution in [2.24, 2.45) is 12.2 Å². The van der Waals surface area contributed by atoms with Gasteiger partial charge in [0.15, 0.2) is 0 Å². The molecule has 0 unspecified atom stereocenters. The maximum Gasteiger partial charge on any atom is 0.115 e. The van der Waals surface area contributed by atoms with Crippen molar-refractivity contribution in [3.05, 3.63) is 66.6 Å². The van der Waals surface area contributed by atoms with E-state index in [1.165, 1.54) is 6.21 Å². The van der Waals surface area contributed by atoms with E-state index in [2.05, 4.69) is 14.7 Å². The van der Waals surface area contributed by atoms with Gasteiger partial charge >= 0.3 is 0 Å². The molecule has 25 heavy (non-hydrogen) atoms. The monoisotopic (exact) mass is 332 g/mol. The zero-order chi connectivity index (χ0) is 17.4. The van der Waals surface area contributed by atoms with Gasteiger partial charge in [-0.1, -0.05) is 23.4 Å². The summed E-state index contributed by atoms with van der Waals surface area (Å²) in [5, 5.41) is 23.0. The zero-order valence-corrected chi connectivity index (χ0v) is 13.5. The molecule has 0 aliphatic heterocycles. The summed E-state index contributed by atoms with van der Waals surface area (Å²) < 4.78 is 3.99. The van der Waals surface area contributed by atoms with E-state index >= 15 is 0 Å². The molecule has 0 amide bonds. The van der Waals surface area contributed by atoms with Crippen LogP contribution < -0.4 is 0 Å². The first-order chi connectivity index (χ1) is 12.2. The molecule has 124 valence electrons. The highest BCUT2D eigenvalue weighted by atomic mass is 16.4. The van der Waals surface area contributed by atoms with Gasteiger partial charge in [-0.25, -0.2) is 4.98 Å². The quantitative estimate of drug-likeness (QED) is 0.342. The molecule has 0 fully saturated rings. The number of para-hydroxylation sites is 1. The molecule has 0 aliphatic carbocycles. The van der Waals surface area contributed by atoms with Crippen LogP contribution in [0.25, 0.3) is 28.0 Å². The van der Waals surface area contributed by atoms with Gasteiger partial charge in [-0.15, -0.1) is 0 Å². The number of hydrogen-bond donors (Lipinski definition) is 2. The smallest absolute Gasteiger partial charge is 0.115 e. The predicted molar refractivity (Wildman–Crippen MR) is 96.5 cm³/mol. The number of aryl methyl sites for hydroxylation is 1. The number of imidazole rings is 1. The van der Waals surface area contributed by atoms with Gasteiger partial charge in [0.1, 0.15) is 5.75 Å². The van der Waals surface area contributed by atoms with Gasteiger partial charge in [0, 0.05) is 23.7 Å². The molecule has 4 rings (SSSR count). The van der Waals surface area contributed by atoms with Crippen molar-refractivity contribution in [1.82, 2.24) is 14.1 Å². The standard InChI is InChI=1S/C19H16N4O2/c1-22-12-20-11-18(22)19-16(10-21-25)15-4-2-3-5-17(15)23(19)13-6-8-14(24)9-7-13/h2-12,24-25H,1H3. The lowest BCUT2D eigenvalue weighted by atomic mass is 10.1. The first kappa shape index (κ1) is 15.0. The normalized spacial score (nSPS) is 11.6. The Labute approximate surface area is 143 Å². The van der Waals surface area contributed by atoms with Crippen LogP contribution in [0, 0.1) is 0 Å². The van der Waals surface area contributed by atoms with Crippen LogP contribution in [-0.2, 0) is 7.05 Å². The van der Waals surface area contributed by atoms with Gasteiger partial charge in [0.05, 0.1) is 35.6 Å². The Morgan fingerprint density at radius 2 is 1.84 bits per heavy atom. The minimum atomic E-state index is 0.208. The number of phenols is 1. The van der Waals surface area contributed by atoms with Gasteiger partial charge in [-0.05, 0) is 30.3 Å². The molecule has 0 spiro atoms. The van der Waals surface area contributed by atoms with E-state index in [9.17, 15) is 10.3 Å². The van der Waals surface area contributed by atoms with Gasteiger partial charge in [0.2, 0.25) is 0 Å². The first-order valence-corrected chi connectivity index (χ1v) is 7.77. The lowest BCUT2D eigenvalue weighted by Crippen LogP contribution is -2.01. The summed E-state index contributed by atoms with van der Waals surface area (Å²) in [4.78, 5) is 4.22. The molecule has 0 radical (unpaired) electrons. The maximum atomic E-state index is 9.63. The van der Waals surface area contributed by atoms with E-state index in [0.717, 1.165) is 33.5 Å². The van der Waals surface area contributed by atoms with Crippen LogP contribution in [0.15, 0.2) is 66.2 Å². The minimum absolute atomic E-state index is 0.208. The van der Waals surface area contributed by atoms with Crippen LogP contribution in [0.2, 0.25) is 0 Å². The molecular formula is C19H16N4O2. The third-order valence-corrected chi connectivity index (χ3v) is 4.27. The summed E-state index contributed by atoms with van der Waals surface area (Å²) in [7, 11) is 1.92. The number of aromatic hydroxyl groups is 1. The zero-order valence-electron chi connectivity index (χ0n) is 13.5. The van der Waals surface area contributed by atoms with Crippen molar-refractivity contribution < 1.29 is 10.3 Å². The fourth-order valence-corrected chi connectivity index (χ4v) is 3.16. The Morgan fingerprint density at radius 1 is 1.08 bits per heavy atom. The summed E-state index contributed by atoms with van der Waals surface area (Å²) >= 11 is 0. The molecule has 6 nitrogen and oxygen atoms in total. The summed E-state index contributed by atoms with van der Waals surface area (Å²) in [6, 6.07) is 14.9. The van der Waals surface area contributed by atoms with E-state index < -0.39 is 0 Å². The van der Waals surface area contributed by atoms with Crippen molar-refractivity contribution in [3.63, 3.8) is 0 Å². The number of hydrogen-bond acceptors (Lipinski definition) is 4. The second-order valence-electron chi connectivity index (χ2n) is 5.77. The highest BCUT2D eigenvalue weighted by Crippen LogP contribution is 2.35. The van der Waals surface area contributed by atoms with Crippen LogP contribution in [0.4, 0.5) is 0 Å². The topological polar surface area (TPSA) is 75.6 Å². The fourth-order valence-electron chi connectivity index (χ4n) is 3.16. The highest BCUT2D eigenvalue weighted by molar-refractivity contribution is 6.07. The summed E-state index contributed by atoms with van der Waals surface area (Å²) in [5.74, 6) is 0.208. The number of oxime groups is 1. The third kappa shape index (κ3) is 2.35. The van der Waals surface area contributed by atoms with E-state index in [-0.39, 0.29) is 5.75 Å². The number of aromatic nitrogens is 3. The largest absolute Gasteiger partial charge is 0.508 e. The third-order valence-electron chi connectivity index (χ3n) is 4.27. The molecule has 0 atom stereocenters. The summed E-state index contributed by atoms with van der Waals surface area (Å²) in [5.41, 5.74) is 4.42. The van der Waals surface area contributed by atoms with E-state index in [1.807, 2.05) is 48.0 Å². The van der Waals surface area contributed by atoms with Gasteiger partial charge in [-0.3, -0.25) is 0 Å². The number of nitrogens with zero attached hydrogens (tertiary/aromatic N) is 4. The molecular weight excluding hydrogens is 316 g/mol. The Bertz CT molecular complexity index is 1070. The van der Waals surface area contributed by atoms with Gasteiger partial charge in [0.25, 0.3) is 0 Å². The SMILES string of the molecule is Cn1cncc1-c1c(C=NO)c2ccccc2n1-c1ccc(O)cc1. The number of rotatable bonds is 3. The molecule has 2 N–H and O–H groups in total. The highest BCUT2D eigenvalue weighted by Gasteiger charge is 2.20. The van der Waals surface area contributed by atoms with Crippen LogP contribution in [0.5, 0.6) is 5.75 Å². The molecule has 0 saturated heterocycles. The van der Waals surface area contributed by atoms with Crippen molar-refractivity contribution in [2.75, 3.05) is 0 Å². The number of fused-ring (bicyclic) bond motifs is 1. The average molecular weight is 332 g/mol. The minimum Gasteiger partial charge on any atom is -0.508 e. The summed E-state index contributed by atoms with van der Waals surface area (Å²) in [6.07, 6.45) is 4.95. The molecule has 2 aromatic heterocycles. The fraction of sp³-hybridized carbons (Fsp3) is 0.0526. The summed E-state index contributed by atoms with van der Waals surface area (Å²) in [6.45, 7) is 0. The van der Waals surface area contributed by atoms with Crippen LogP contribution in [0.3, 0.4) is 0 Å². The molecule has 4 aromatic rings. The second kappa shape index (κ2) is 5.83. The van der Waals surface area contributed by atoms with Crippen LogP contribution in [-0.4, -0.2) is 30.6 Å². The number of phenolic OH excluding ortho intramolecular Hbond substituents is 1. The maximum absolute atomic E-state index is 9.63. The molecule has 2 aromatic carbocycles. The molecule has 2 heterocycles. The van der Waals surface area contributed by atoms with Crippen molar-refractivity contribution in [2.45, 2.75) is 0 Å². The Kier molecular flexibility index (Phi) is 3.50. The van der Waals surface area contributed by atoms with Crippen LogP contribution >= 0.6 is 0 Å². The average Bonchev–Trinajstić information content (AvgIpc) is 3.18. The lowest BCUT2D eigenvalue weighted by Gasteiger charge is -2.12. The molecule has 0 bridgehead atoms. The van der Waals surface area contributed by atoms with E-state index in [0.29, 0.717) is 0 Å². The Balaban J connectivity index is 2.16. The predicted octanol–water partition coefficient (Wildman–Crippen LogP) is 3.54. The molecule has 0 aliphatic rings. The second-order valence-corrected chi connectivity index (χ2v) is 5.77. The Hall–Kier alpha value is -3.54.